The van der Waals surface area contributed by atoms with Gasteiger partial charge < -0.3 is 138 Å². The van der Waals surface area contributed by atoms with Gasteiger partial charge in [0, 0.05) is 25.3 Å². The zero-order valence-corrected chi connectivity index (χ0v) is 53.3. The summed E-state index contributed by atoms with van der Waals surface area (Å²) in [5.41, 5.74) is 12.9. The van der Waals surface area contributed by atoms with Crippen molar-refractivity contribution in [1.29, 1.82) is 0 Å². The molecule has 25 atom stereocenters. The monoisotopic (exact) mass is 1390 g/mol. The smallest absolute Gasteiger partial charge is 0.346 e. The standard InChI is InChI=1S/C60H88N12O26/c1-3-4-6-11-36(77)93-23-34-50(98-58-48(86)45(83)43(81)33(22-75)96-58)46(84)49(87)57(97-34)94-27-14-12-25(13-15-27)16-28-52(89)70-38(40(78)29-17-64-59(61)68-29)55(92)71-39(41(79)31-18-65-60(62)72(31)56-47(85)44(82)42(80)32(21-74)95-56)54(91)67-30(20-73)51(88)63-19-35(76)69-37(53(90)66-28)24(2)26-9-7-5-8-10-26/h5,7-10,12-15,24,28-34,37-50,56-58,73-75,78-87H,3-4,6,11,16-23H2,1-2H3,(H11,61,62,63,64,65,66,67,68,69,70,71,76,88,89,90,91,92)/p+1/t24-,28-,29+,30?,31+,32+,33+,34-,37-,38+,39-,40-,41-,42+,43+,44+,45+,46+,47+,48+,49-,50+,56-,57-,58+/m1/s1. The highest BCUT2D eigenvalue weighted by Gasteiger charge is 2.55. The number of unbranched alkanes of at least 4 members (excludes halogenated alkanes) is 2. The normalized spacial score (nSPS) is 35.6. The maximum atomic E-state index is 15.2. The summed E-state index contributed by atoms with van der Waals surface area (Å²) in [6.07, 6.45) is -30.0. The Morgan fingerprint density at radius 1 is 0.622 bits per heavy atom. The molecule has 6 heterocycles. The molecule has 2 aromatic carbocycles. The maximum Gasteiger partial charge on any atom is 0.346 e. The SMILES string of the molecule is CCCCCC(=O)OC[C@H]1O[C@@H](Oc2ccc(C[C@H]3NC(=O)[C@@H]([C@H](C)c4ccccc4)NC(=O)CNC(=O)C(CO)NC(=O)[C@@H]([C@H](O)[C@@H]4CNC(N)=[N+]4[C@@H]4O[C@@H](CO)[C@H](O)[C@H](O)[C@@H]4O)NC(=O)[C@H]([C@H](O)[C@@H]4CNC(N)=N4)NC3=O)cc2)[C@H](O)[C@H](O)[C@H]1O[C@@H]1O[C@@H](CO)[C@H](O)[C@H](O)[C@@H]1O. The van der Waals surface area contributed by atoms with Gasteiger partial charge in [0.1, 0.15) is 141 Å². The van der Waals surface area contributed by atoms with Gasteiger partial charge in [0.05, 0.1) is 32.4 Å². The van der Waals surface area contributed by atoms with Gasteiger partial charge in [0.2, 0.25) is 48.0 Å². The maximum absolute atomic E-state index is 15.2. The number of nitrogens with one attached hydrogen (secondary N) is 8. The number of ether oxygens (including phenoxy) is 6. The van der Waals surface area contributed by atoms with Crippen molar-refractivity contribution < 1.29 is 133 Å². The lowest BCUT2D eigenvalue weighted by atomic mass is 9.92. The topological polar surface area (TPSA) is 602 Å². The molecule has 0 aliphatic carbocycles. The van der Waals surface area contributed by atoms with Crippen LogP contribution in [0.5, 0.6) is 5.75 Å². The molecule has 4 saturated heterocycles. The number of carbonyl (C=O) groups is 7. The van der Waals surface area contributed by atoms with Crippen molar-refractivity contribution in [3.05, 3.63) is 65.7 Å². The number of aliphatic hydroxyl groups excluding tert-OH is 13. The van der Waals surface area contributed by atoms with Crippen molar-refractivity contribution in [3.8, 4) is 5.75 Å². The van der Waals surface area contributed by atoms with Gasteiger partial charge in [-0.2, -0.15) is 0 Å². The molecule has 0 saturated carbocycles. The highest BCUT2D eigenvalue weighted by Crippen LogP contribution is 2.32. The predicted molar refractivity (Wildman–Crippen MR) is 330 cm³/mol. The number of esters is 1. The summed E-state index contributed by atoms with van der Waals surface area (Å²) in [4.78, 5) is 105. The Kier molecular flexibility index (Phi) is 26.8. The summed E-state index contributed by atoms with van der Waals surface area (Å²) >= 11 is 0. The molecule has 38 heteroatoms. The minimum Gasteiger partial charge on any atom is -0.463 e. The van der Waals surface area contributed by atoms with Crippen LogP contribution in [0.2, 0.25) is 0 Å². The van der Waals surface area contributed by atoms with Crippen molar-refractivity contribution in [2.45, 2.75) is 198 Å². The van der Waals surface area contributed by atoms with E-state index >= 15 is 9.59 Å². The third-order valence-electron chi connectivity index (χ3n) is 17.8. The molecule has 0 bridgehead atoms. The third kappa shape index (κ3) is 18.0. The molecule has 1 unspecified atom stereocenters. The van der Waals surface area contributed by atoms with Gasteiger partial charge in [0.25, 0.3) is 0 Å². The molecule has 6 aliphatic heterocycles. The van der Waals surface area contributed by atoms with E-state index in [2.05, 4.69) is 47.5 Å². The summed E-state index contributed by atoms with van der Waals surface area (Å²) < 4.78 is 35.5. The first-order chi connectivity index (χ1) is 46.7. The molecule has 0 spiro atoms. The summed E-state index contributed by atoms with van der Waals surface area (Å²) in [5.74, 6) is -9.57. The van der Waals surface area contributed by atoms with E-state index in [1.807, 2.05) is 6.92 Å². The van der Waals surface area contributed by atoms with Crippen LogP contribution in [0.1, 0.15) is 56.6 Å². The molecule has 25 N–H and O–H groups in total. The van der Waals surface area contributed by atoms with Crippen LogP contribution < -0.4 is 58.7 Å². The average Bonchev–Trinajstić information content (AvgIpc) is 1.39. The third-order valence-corrected chi connectivity index (χ3v) is 17.8. The van der Waals surface area contributed by atoms with E-state index in [-0.39, 0.29) is 36.2 Å². The van der Waals surface area contributed by atoms with Crippen molar-refractivity contribution in [2.24, 2.45) is 16.5 Å². The Hall–Kier alpha value is -7.61. The molecule has 6 aliphatic rings. The number of hydrogen-bond donors (Lipinski definition) is 23. The van der Waals surface area contributed by atoms with Crippen LogP contribution in [0.25, 0.3) is 0 Å². The first-order valence-corrected chi connectivity index (χ1v) is 31.9. The second-order valence-corrected chi connectivity index (χ2v) is 24.6. The number of nitrogens with zero attached hydrogens (tertiary/aromatic N) is 2. The number of amides is 6. The Labute approximate surface area is 559 Å². The van der Waals surface area contributed by atoms with Crippen LogP contribution in [-0.2, 0) is 63.7 Å². The molecule has 8 rings (SSSR count). The molecule has 544 valence electrons. The number of carbonyl (C=O) groups excluding carboxylic acids is 7. The summed E-state index contributed by atoms with van der Waals surface area (Å²) in [5, 5.41) is 162. The van der Waals surface area contributed by atoms with Crippen LogP contribution >= 0.6 is 0 Å². The van der Waals surface area contributed by atoms with Gasteiger partial charge in [-0.1, -0.05) is 69.2 Å². The zero-order valence-electron chi connectivity index (χ0n) is 53.3. The van der Waals surface area contributed by atoms with E-state index in [1.54, 1.807) is 37.3 Å². The molecular weight excluding hydrogens is 1300 g/mol. The van der Waals surface area contributed by atoms with Crippen LogP contribution in [0.4, 0.5) is 0 Å². The van der Waals surface area contributed by atoms with Gasteiger partial charge in [-0.15, -0.1) is 0 Å². The number of benzene rings is 2. The average molecular weight is 1390 g/mol. The lowest BCUT2D eigenvalue weighted by Crippen LogP contribution is -2.68. The van der Waals surface area contributed by atoms with E-state index in [9.17, 15) is 90.4 Å². The Balaban J connectivity index is 1.12. The Bertz CT molecular complexity index is 3120. The number of aliphatic hydroxyl groups is 13. The van der Waals surface area contributed by atoms with Crippen molar-refractivity contribution in [3.63, 3.8) is 0 Å². The first kappa shape index (κ1) is 76.1. The Morgan fingerprint density at radius 3 is 1.87 bits per heavy atom. The van der Waals surface area contributed by atoms with Gasteiger partial charge in [-0.25, -0.2) is 9.57 Å². The summed E-state index contributed by atoms with van der Waals surface area (Å²) in [7, 11) is 0. The van der Waals surface area contributed by atoms with E-state index in [0.717, 1.165) is 11.0 Å². The lowest BCUT2D eigenvalue weighted by molar-refractivity contribution is -0.663. The summed E-state index contributed by atoms with van der Waals surface area (Å²) in [6, 6.07) is 0.782. The number of nitrogens with two attached hydrogens (primary N) is 2. The minimum absolute atomic E-state index is 0.00141. The predicted octanol–water partition coefficient (Wildman–Crippen LogP) is -12.2. The fourth-order valence-electron chi connectivity index (χ4n) is 12.0. The van der Waals surface area contributed by atoms with Crippen molar-refractivity contribution in [1.82, 2.24) is 42.5 Å². The number of aliphatic imine (C=N–C) groups is 1. The molecule has 98 heavy (non-hydrogen) atoms. The van der Waals surface area contributed by atoms with Gasteiger partial charge in [-0.3, -0.25) is 44.6 Å². The molecule has 4 fully saturated rings. The van der Waals surface area contributed by atoms with Gasteiger partial charge in [-0.05, 0) is 29.7 Å². The lowest BCUT2D eigenvalue weighted by Gasteiger charge is -2.46. The molecule has 0 radical (unpaired) electrons. The quantitative estimate of drug-likeness (QED) is 0.0296. The second-order valence-electron chi connectivity index (χ2n) is 24.6. The number of rotatable bonds is 22. The number of guanidine groups is 2. The van der Waals surface area contributed by atoms with Crippen LogP contribution in [0.3, 0.4) is 0 Å². The molecular formula is C60H89N12O26+. The molecule has 38 nitrogen and oxygen atoms in total. The molecule has 6 amide bonds. The highest BCUT2D eigenvalue weighted by molar-refractivity contribution is 5.98. The van der Waals surface area contributed by atoms with Crippen molar-refractivity contribution >= 4 is 53.3 Å². The first-order valence-electron chi connectivity index (χ1n) is 31.9. The Morgan fingerprint density at radius 2 is 1.22 bits per heavy atom. The van der Waals surface area contributed by atoms with E-state index < -0.39 is 240 Å². The van der Waals surface area contributed by atoms with Gasteiger partial charge >= 0.3 is 11.9 Å². The highest BCUT2D eigenvalue weighted by atomic mass is 16.7. The van der Waals surface area contributed by atoms with Gasteiger partial charge in [0.15, 0.2) is 12.2 Å². The molecule has 0 aromatic heterocycles. The largest absolute Gasteiger partial charge is 0.463 e. The summed E-state index contributed by atoms with van der Waals surface area (Å²) in [6.45, 7) is -1.62. The van der Waals surface area contributed by atoms with E-state index in [1.165, 1.54) is 24.3 Å². The zero-order chi connectivity index (χ0) is 71.4. The fourth-order valence-corrected chi connectivity index (χ4v) is 12.0. The second kappa shape index (κ2) is 34.4. The minimum atomic E-state index is -2.34. The van der Waals surface area contributed by atoms with Crippen LogP contribution in [0, 0.1) is 0 Å². The van der Waals surface area contributed by atoms with Crippen LogP contribution in [-0.4, -0.2) is 317 Å². The van der Waals surface area contributed by atoms with E-state index in [4.69, 9.17) is 39.9 Å². The van der Waals surface area contributed by atoms with Crippen LogP contribution in [0.15, 0.2) is 59.6 Å². The van der Waals surface area contributed by atoms with E-state index in [0.29, 0.717) is 18.4 Å². The fraction of sp³-hybridized carbons (Fsp3) is 0.650. The number of hydrogen-bond acceptors (Lipinski definition) is 31. The van der Waals surface area contributed by atoms with Crippen molar-refractivity contribution in [2.75, 3.05) is 46.1 Å². The molecule has 2 aromatic rings.